The van der Waals surface area contributed by atoms with E-state index >= 15 is 0 Å². The normalized spacial score (nSPS) is 10.7. The van der Waals surface area contributed by atoms with E-state index in [-0.39, 0.29) is 12.4 Å². The molecule has 0 unspecified atom stereocenters. The van der Waals surface area contributed by atoms with Crippen molar-refractivity contribution < 1.29 is 24.2 Å². The third-order valence-electron chi connectivity index (χ3n) is 4.31. The van der Waals surface area contributed by atoms with E-state index in [2.05, 4.69) is 0 Å². The Kier molecular flexibility index (Phi) is 6.43. The average Bonchev–Trinajstić information content (AvgIpc) is 2.76. The smallest absolute Gasteiger partial charge is 0.328 e. The summed E-state index contributed by atoms with van der Waals surface area (Å²) in [6.45, 7) is 0.238. The number of methoxy groups -OCH3 is 1. The summed E-state index contributed by atoms with van der Waals surface area (Å²) in [4.78, 5) is 23.5. The van der Waals surface area contributed by atoms with Gasteiger partial charge in [-0.25, -0.2) is 4.79 Å². The molecule has 0 fully saturated rings. The monoisotopic (exact) mass is 388 g/mol. The molecular weight excluding hydrogens is 368 g/mol. The molecule has 0 aliphatic heterocycles. The molecule has 0 radical (unpaired) electrons. The van der Waals surface area contributed by atoms with Gasteiger partial charge in [0.05, 0.1) is 7.11 Å². The fourth-order valence-electron chi connectivity index (χ4n) is 2.77. The van der Waals surface area contributed by atoms with Crippen molar-refractivity contribution in [3.05, 3.63) is 101 Å². The summed E-state index contributed by atoms with van der Waals surface area (Å²) in [5, 5.41) is 8.67. The molecule has 0 heterocycles. The van der Waals surface area contributed by atoms with Crippen LogP contribution in [0.3, 0.4) is 0 Å². The number of carbonyl (C=O) groups excluding carboxylic acids is 1. The third kappa shape index (κ3) is 5.32. The maximum atomic E-state index is 12.9. The van der Waals surface area contributed by atoms with Gasteiger partial charge in [0.1, 0.15) is 18.1 Å². The van der Waals surface area contributed by atoms with Gasteiger partial charge in [-0.3, -0.25) is 4.79 Å². The Morgan fingerprint density at radius 2 is 1.55 bits per heavy atom. The van der Waals surface area contributed by atoms with Crippen LogP contribution in [0.1, 0.15) is 27.0 Å². The average molecular weight is 388 g/mol. The highest BCUT2D eigenvalue weighted by atomic mass is 16.5. The maximum absolute atomic E-state index is 12.9. The van der Waals surface area contributed by atoms with Gasteiger partial charge in [0.25, 0.3) is 0 Å². The summed E-state index contributed by atoms with van der Waals surface area (Å²) in [5.74, 6) is 0.244. The quantitative estimate of drug-likeness (QED) is 0.451. The van der Waals surface area contributed by atoms with E-state index in [1.54, 1.807) is 61.7 Å². The van der Waals surface area contributed by atoms with E-state index in [9.17, 15) is 9.59 Å². The molecule has 5 heteroatoms. The molecule has 0 spiro atoms. The van der Waals surface area contributed by atoms with Gasteiger partial charge in [-0.15, -0.1) is 0 Å². The van der Waals surface area contributed by atoms with Gasteiger partial charge < -0.3 is 14.6 Å². The highest BCUT2D eigenvalue weighted by Gasteiger charge is 2.14. The topological polar surface area (TPSA) is 72.8 Å². The van der Waals surface area contributed by atoms with Crippen LogP contribution in [0.2, 0.25) is 0 Å². The van der Waals surface area contributed by atoms with E-state index in [4.69, 9.17) is 14.6 Å². The van der Waals surface area contributed by atoms with Gasteiger partial charge in [-0.1, -0.05) is 36.4 Å². The standard InChI is InChI=1S/C24H20O5/c1-28-20-13-9-18(10-14-20)24(27)22-5-3-2-4-19(22)16-29-21-11-6-17(7-12-21)8-15-23(25)26/h2-15H,16H2,1H3,(H,25,26). The van der Waals surface area contributed by atoms with Gasteiger partial charge in [-0.2, -0.15) is 0 Å². The maximum Gasteiger partial charge on any atom is 0.328 e. The highest BCUT2D eigenvalue weighted by molar-refractivity contribution is 6.09. The van der Waals surface area contributed by atoms with Crippen molar-refractivity contribution in [2.24, 2.45) is 0 Å². The minimum Gasteiger partial charge on any atom is -0.497 e. The Labute approximate surface area is 168 Å². The Balaban J connectivity index is 1.72. The summed E-state index contributed by atoms with van der Waals surface area (Å²) in [5.41, 5.74) is 2.70. The molecule has 3 rings (SSSR count). The van der Waals surface area contributed by atoms with Crippen molar-refractivity contribution in [1.29, 1.82) is 0 Å². The minimum absolute atomic E-state index is 0.0824. The number of carbonyl (C=O) groups is 2. The number of benzene rings is 3. The van der Waals surface area contributed by atoms with Crippen LogP contribution < -0.4 is 9.47 Å². The minimum atomic E-state index is -0.997. The molecule has 1 N–H and O–H groups in total. The Morgan fingerprint density at radius 1 is 0.897 bits per heavy atom. The number of carboxylic acid groups (broad SMARTS) is 1. The van der Waals surface area contributed by atoms with Crippen molar-refractivity contribution >= 4 is 17.8 Å². The molecular formula is C24H20O5. The second-order valence-corrected chi connectivity index (χ2v) is 6.24. The van der Waals surface area contributed by atoms with Crippen LogP contribution in [-0.2, 0) is 11.4 Å². The first kappa shape index (κ1) is 19.9. The molecule has 0 aromatic heterocycles. The van der Waals surface area contributed by atoms with E-state index in [1.807, 2.05) is 18.2 Å². The highest BCUT2D eigenvalue weighted by Crippen LogP contribution is 2.20. The predicted molar refractivity (Wildman–Crippen MR) is 110 cm³/mol. The van der Waals surface area contributed by atoms with Crippen molar-refractivity contribution in [2.75, 3.05) is 7.11 Å². The molecule has 146 valence electrons. The SMILES string of the molecule is COc1ccc(C(=O)c2ccccc2COc2ccc(C=CC(=O)O)cc2)cc1. The van der Waals surface area contributed by atoms with Crippen molar-refractivity contribution in [3.8, 4) is 11.5 Å². The summed E-state index contributed by atoms with van der Waals surface area (Å²) < 4.78 is 11.0. The summed E-state index contributed by atoms with van der Waals surface area (Å²) in [7, 11) is 1.58. The largest absolute Gasteiger partial charge is 0.497 e. The van der Waals surface area contributed by atoms with Crippen molar-refractivity contribution in [1.82, 2.24) is 0 Å². The van der Waals surface area contributed by atoms with Crippen LogP contribution in [0.4, 0.5) is 0 Å². The lowest BCUT2D eigenvalue weighted by atomic mass is 9.98. The lowest BCUT2D eigenvalue weighted by molar-refractivity contribution is -0.131. The molecule has 3 aromatic carbocycles. The Bertz CT molecular complexity index is 1020. The van der Waals surface area contributed by atoms with Crippen LogP contribution in [0, 0.1) is 0 Å². The first-order chi connectivity index (χ1) is 14.1. The van der Waals surface area contributed by atoms with E-state index in [1.165, 1.54) is 6.08 Å². The first-order valence-corrected chi connectivity index (χ1v) is 8.97. The molecule has 0 amide bonds. The molecule has 3 aromatic rings. The number of hydrogen-bond donors (Lipinski definition) is 1. The molecule has 0 aliphatic rings. The third-order valence-corrected chi connectivity index (χ3v) is 4.31. The lowest BCUT2D eigenvalue weighted by Gasteiger charge is -2.11. The fourth-order valence-corrected chi connectivity index (χ4v) is 2.77. The zero-order chi connectivity index (χ0) is 20.6. The van der Waals surface area contributed by atoms with Crippen LogP contribution in [0.5, 0.6) is 11.5 Å². The summed E-state index contributed by atoms with van der Waals surface area (Å²) in [6.07, 6.45) is 2.59. The molecule has 0 atom stereocenters. The van der Waals surface area contributed by atoms with Gasteiger partial charge in [-0.05, 0) is 48.0 Å². The number of hydrogen-bond acceptors (Lipinski definition) is 4. The zero-order valence-electron chi connectivity index (χ0n) is 15.9. The molecule has 0 saturated heterocycles. The molecule has 29 heavy (non-hydrogen) atoms. The Morgan fingerprint density at radius 3 is 2.21 bits per heavy atom. The van der Waals surface area contributed by atoms with Crippen molar-refractivity contribution in [3.63, 3.8) is 0 Å². The van der Waals surface area contributed by atoms with Gasteiger partial charge in [0.15, 0.2) is 5.78 Å². The molecule has 5 nitrogen and oxygen atoms in total. The Hall–Kier alpha value is -3.86. The summed E-state index contributed by atoms with van der Waals surface area (Å²) >= 11 is 0. The first-order valence-electron chi connectivity index (χ1n) is 8.97. The summed E-state index contributed by atoms with van der Waals surface area (Å²) in [6, 6.07) is 21.4. The van der Waals surface area contributed by atoms with Gasteiger partial charge in [0.2, 0.25) is 0 Å². The van der Waals surface area contributed by atoms with Crippen LogP contribution in [0.25, 0.3) is 6.08 Å². The molecule has 0 saturated carbocycles. The number of ether oxygens (including phenoxy) is 2. The van der Waals surface area contributed by atoms with Crippen LogP contribution in [0.15, 0.2) is 78.9 Å². The predicted octanol–water partition coefficient (Wildman–Crippen LogP) is 4.60. The molecule has 0 aliphatic carbocycles. The number of carboxylic acids is 1. The van der Waals surface area contributed by atoms with E-state index < -0.39 is 5.97 Å². The second-order valence-electron chi connectivity index (χ2n) is 6.24. The van der Waals surface area contributed by atoms with Crippen molar-refractivity contribution in [2.45, 2.75) is 6.61 Å². The number of rotatable bonds is 8. The molecule has 0 bridgehead atoms. The van der Waals surface area contributed by atoms with E-state index in [0.29, 0.717) is 22.6 Å². The van der Waals surface area contributed by atoms with Crippen LogP contribution >= 0.6 is 0 Å². The van der Waals surface area contributed by atoms with Gasteiger partial charge >= 0.3 is 5.97 Å². The fraction of sp³-hybridized carbons (Fsp3) is 0.0833. The van der Waals surface area contributed by atoms with Gasteiger partial charge in [0, 0.05) is 22.8 Å². The number of ketones is 1. The second kappa shape index (κ2) is 9.37. The van der Waals surface area contributed by atoms with Crippen LogP contribution in [-0.4, -0.2) is 24.0 Å². The number of aliphatic carboxylic acids is 1. The lowest BCUT2D eigenvalue weighted by Crippen LogP contribution is -2.07. The van der Waals surface area contributed by atoms with E-state index in [0.717, 1.165) is 17.2 Å². The zero-order valence-corrected chi connectivity index (χ0v) is 15.9.